The number of alkyl halides is 6. The molecule has 25 heteroatoms. The lowest BCUT2D eigenvalue weighted by Gasteiger charge is -2.30. The van der Waals surface area contributed by atoms with E-state index in [1.165, 1.54) is 49.8 Å². The maximum atomic E-state index is 13.3. The molecule has 0 bridgehead atoms. The van der Waals surface area contributed by atoms with Crippen molar-refractivity contribution in [2.24, 2.45) is 5.73 Å². The van der Waals surface area contributed by atoms with E-state index in [-0.39, 0.29) is 40.5 Å². The Morgan fingerprint density at radius 3 is 1.46 bits per heavy atom. The fourth-order valence-electron chi connectivity index (χ4n) is 8.48. The van der Waals surface area contributed by atoms with Gasteiger partial charge in [-0.05, 0) is 69.3 Å². The second-order valence-corrected chi connectivity index (χ2v) is 19.5. The van der Waals surface area contributed by atoms with Gasteiger partial charge in [-0.15, -0.1) is 0 Å². The number of anilines is 5. The van der Waals surface area contributed by atoms with Gasteiger partial charge in [0, 0.05) is 125 Å². The van der Waals surface area contributed by atoms with Crippen LogP contribution in [0.1, 0.15) is 48.4 Å². The van der Waals surface area contributed by atoms with E-state index in [0.717, 1.165) is 21.8 Å². The normalized spacial score (nSPS) is 13.8. The van der Waals surface area contributed by atoms with Gasteiger partial charge in [0.15, 0.2) is 13.2 Å². The highest BCUT2D eigenvalue weighted by Crippen LogP contribution is 2.43. The Labute approximate surface area is 460 Å². The molecular weight excluding hydrogens is 1070 g/mol. The Morgan fingerprint density at radius 2 is 1.02 bits per heavy atom. The number of morpholine rings is 2. The third-order valence-electron chi connectivity index (χ3n) is 11.8. The van der Waals surface area contributed by atoms with E-state index in [1.807, 2.05) is 79.1 Å². The van der Waals surface area contributed by atoms with Crippen LogP contribution in [0.25, 0.3) is 44.1 Å². The van der Waals surface area contributed by atoms with Crippen molar-refractivity contribution in [3.05, 3.63) is 127 Å². The van der Waals surface area contributed by atoms with E-state index in [1.54, 1.807) is 24.3 Å². The molecule has 19 nitrogen and oxygen atoms in total. The molecule has 2 aliphatic rings. The Hall–Kier alpha value is -8.81. The van der Waals surface area contributed by atoms with Crippen molar-refractivity contribution < 1.29 is 59.7 Å². The lowest BCUT2D eigenvalue weighted by molar-refractivity contribution is -0.154. The number of ether oxygens (including phenoxy) is 4. The van der Waals surface area contributed by atoms with E-state index in [2.05, 4.69) is 45.9 Å². The number of nitrogens with two attached hydrogens (primary N) is 1. The zero-order valence-corrected chi connectivity index (χ0v) is 44.4. The smallest absolute Gasteiger partial charge is 0.422 e. The summed E-state index contributed by atoms with van der Waals surface area (Å²) in [5.74, 6) is 0.447. The number of H-pyrrole nitrogens is 2. The predicted octanol–water partition coefficient (Wildman–Crippen LogP) is 10.0. The highest BCUT2D eigenvalue weighted by molar-refractivity contribution is 6.13. The number of benzene rings is 2. The van der Waals surface area contributed by atoms with Gasteiger partial charge in [-0.1, -0.05) is 36.4 Å². The van der Waals surface area contributed by atoms with Crippen LogP contribution < -0.4 is 41.0 Å². The molecule has 2 saturated heterocycles. The van der Waals surface area contributed by atoms with Gasteiger partial charge in [-0.3, -0.25) is 19.4 Å². The molecule has 0 spiro atoms. The van der Waals surface area contributed by atoms with Gasteiger partial charge in [-0.25, -0.2) is 4.98 Å². The number of pyridine rings is 4. The Bertz CT molecular complexity index is 3460. The standard InChI is InChI=1S/C27H25F3N6O4.C25H22F3N5O3.C4H11N/c1-16(37)32-21-14-17(8-9-31-21)26(38)35-24-23(18-4-2-3-5-20(18)33-24)19-6-7-22(40-15-27(28,29)30)34-25(19)36-10-12-39-13-11-36;26-25(27,28)15-36-20-6-5-18(23(31-20)33-11-13-35-14-12-33)21-17-3-1-2-4-19(17)30-22(21)32-24(34)16-7-9-29-10-8-16;1-4(2,3)5/h2-9,14,33H,10-13,15H2,1H3,(H,35,38)(H,31,32,37);1-10,30H,11-15H2,(H,32,34);5H2,1-3H3. The first-order chi connectivity index (χ1) is 38.6. The van der Waals surface area contributed by atoms with Crippen molar-refractivity contribution in [2.45, 2.75) is 45.6 Å². The van der Waals surface area contributed by atoms with Crippen molar-refractivity contribution in [3.63, 3.8) is 0 Å². The van der Waals surface area contributed by atoms with Gasteiger partial charge in [-0.2, -0.15) is 36.3 Å². The van der Waals surface area contributed by atoms with Crippen molar-refractivity contribution in [3.8, 4) is 34.0 Å². The lowest BCUT2D eigenvalue weighted by Crippen LogP contribution is -2.37. The highest BCUT2D eigenvalue weighted by Gasteiger charge is 2.32. The summed E-state index contributed by atoms with van der Waals surface area (Å²) in [5.41, 5.74) is 10.0. The average Bonchev–Trinajstić information content (AvgIpc) is 3.78. The Balaban J connectivity index is 0.000000197. The third-order valence-corrected chi connectivity index (χ3v) is 11.8. The maximum Gasteiger partial charge on any atom is 0.422 e. The molecule has 6 aromatic heterocycles. The van der Waals surface area contributed by atoms with Crippen molar-refractivity contribution in [1.29, 1.82) is 0 Å². The number of carbonyl (C=O) groups is 3. The summed E-state index contributed by atoms with van der Waals surface area (Å²) in [6.45, 7) is 8.01. The molecule has 0 radical (unpaired) electrons. The van der Waals surface area contributed by atoms with Crippen molar-refractivity contribution >= 4 is 68.6 Å². The van der Waals surface area contributed by atoms with Crippen LogP contribution in [-0.2, 0) is 14.3 Å². The lowest BCUT2D eigenvalue weighted by atomic mass is 10.0. The molecule has 10 rings (SSSR count). The van der Waals surface area contributed by atoms with Crippen LogP contribution >= 0.6 is 0 Å². The van der Waals surface area contributed by atoms with Crippen molar-refractivity contribution in [2.75, 3.05) is 91.6 Å². The zero-order chi connectivity index (χ0) is 57.9. The first-order valence-electron chi connectivity index (χ1n) is 25.4. The summed E-state index contributed by atoms with van der Waals surface area (Å²) in [7, 11) is 0. The van der Waals surface area contributed by atoms with Crippen LogP contribution in [0.4, 0.5) is 55.4 Å². The largest absolute Gasteiger partial charge is 0.468 e. The van der Waals surface area contributed by atoms with E-state index < -0.39 is 31.5 Å². The fraction of sp³-hybridized carbons (Fsp3) is 0.304. The molecule has 2 fully saturated rings. The zero-order valence-electron chi connectivity index (χ0n) is 44.4. The van der Waals surface area contributed by atoms with Crippen molar-refractivity contribution in [1.82, 2.24) is 29.9 Å². The minimum absolute atomic E-state index is 0. The summed E-state index contributed by atoms with van der Waals surface area (Å²) in [6.07, 6.45) is -4.53. The number of aromatic nitrogens is 6. The number of halogens is 6. The number of carbonyl (C=O) groups excluding carboxylic acids is 3. The van der Waals surface area contributed by atoms with Crippen LogP contribution in [0.2, 0.25) is 0 Å². The average molecular weight is 1130 g/mol. The van der Waals surface area contributed by atoms with Gasteiger partial charge in [0.2, 0.25) is 17.7 Å². The molecule has 2 aromatic carbocycles. The van der Waals surface area contributed by atoms with E-state index in [0.29, 0.717) is 104 Å². The molecule has 7 N–H and O–H groups in total. The summed E-state index contributed by atoms with van der Waals surface area (Å²) >= 11 is 0. The second kappa shape index (κ2) is 25.5. The van der Waals surface area contributed by atoms with E-state index in [9.17, 15) is 40.7 Å². The second-order valence-electron chi connectivity index (χ2n) is 19.5. The molecule has 8 heterocycles. The molecule has 81 heavy (non-hydrogen) atoms. The first kappa shape index (κ1) is 58.3. The first-order valence-corrected chi connectivity index (χ1v) is 25.4. The van der Waals surface area contributed by atoms with Gasteiger partial charge < -0.3 is 60.4 Å². The topological polar surface area (TPSA) is 240 Å². The summed E-state index contributed by atoms with van der Waals surface area (Å²) in [4.78, 5) is 64.9. The number of hydrogen-bond acceptors (Lipinski definition) is 14. The number of amides is 3. The molecule has 2 aliphatic heterocycles. The SMILES string of the molecule is CC(=O)Nc1cc(C(=O)Nc2[nH]c3ccccc3c2-c2ccc(OCC(F)(F)F)nc2N2CCOCC2)ccn1.CC(C)(C)N.O=C(Nc1[nH]c2ccccc2c1-c1ccc(OCC(F)(F)F)nc1N1CCOCC1)c1ccncc1. The van der Waals surface area contributed by atoms with Crippen LogP contribution in [0, 0.1) is 0 Å². The van der Waals surface area contributed by atoms with Crippen LogP contribution in [0.15, 0.2) is 116 Å². The van der Waals surface area contributed by atoms with Gasteiger partial charge in [0.25, 0.3) is 11.8 Å². The Kier molecular flexibility index (Phi) is 18.4. The molecule has 426 valence electrons. The summed E-state index contributed by atoms with van der Waals surface area (Å²) < 4.78 is 97.6. The third kappa shape index (κ3) is 16.2. The number of nitrogens with one attached hydrogen (secondary N) is 5. The van der Waals surface area contributed by atoms with Gasteiger partial charge in [0.05, 0.1) is 26.4 Å². The van der Waals surface area contributed by atoms with Crippen LogP contribution in [-0.4, -0.2) is 131 Å². The van der Waals surface area contributed by atoms with E-state index in [4.69, 9.17) is 24.7 Å². The van der Waals surface area contributed by atoms with Crippen LogP contribution in [0.3, 0.4) is 0 Å². The monoisotopic (exact) mass is 1120 g/mol. The fourth-order valence-corrected chi connectivity index (χ4v) is 8.48. The minimum Gasteiger partial charge on any atom is -0.468 e. The molecule has 0 atom stereocenters. The highest BCUT2D eigenvalue weighted by atomic mass is 19.4. The molecule has 0 saturated carbocycles. The quantitative estimate of drug-likeness (QED) is 0.0589. The summed E-state index contributed by atoms with van der Waals surface area (Å²) in [5, 5.41) is 9.97. The number of hydrogen-bond donors (Lipinski definition) is 6. The molecule has 3 amide bonds. The number of fused-ring (bicyclic) bond motifs is 2. The Morgan fingerprint density at radius 1 is 0.605 bits per heavy atom. The molecule has 0 aliphatic carbocycles. The number of para-hydroxylation sites is 2. The number of nitrogens with zero attached hydrogens (tertiary/aromatic N) is 6. The summed E-state index contributed by atoms with van der Waals surface area (Å²) in [6, 6.07) is 27.2. The number of rotatable bonds is 13. The van der Waals surface area contributed by atoms with Gasteiger partial charge in [0.1, 0.15) is 29.1 Å². The maximum absolute atomic E-state index is 13.3. The number of aromatic amines is 2. The van der Waals surface area contributed by atoms with Gasteiger partial charge >= 0.3 is 12.4 Å². The molecular formula is C56H58F6N12O7. The predicted molar refractivity (Wildman–Crippen MR) is 295 cm³/mol. The van der Waals surface area contributed by atoms with Crippen LogP contribution in [0.5, 0.6) is 11.8 Å². The minimum atomic E-state index is -4.51. The molecule has 0 unspecified atom stereocenters. The van der Waals surface area contributed by atoms with E-state index >= 15 is 0 Å². The molecule has 8 aromatic rings.